The van der Waals surface area contributed by atoms with E-state index in [1.54, 1.807) is 25.7 Å². The molecule has 1 fully saturated rings. The molecule has 0 saturated carbocycles. The van der Waals surface area contributed by atoms with E-state index in [1.165, 1.54) is 14.0 Å². The largest absolute Gasteiger partial charge is 0.452 e. The molecule has 9 nitrogen and oxygen atoms in total. The Kier molecular flexibility index (Phi) is 7.20. The van der Waals surface area contributed by atoms with Crippen LogP contribution in [0.2, 0.25) is 0 Å². The zero-order valence-electron chi connectivity index (χ0n) is 15.4. The van der Waals surface area contributed by atoms with Crippen LogP contribution in [-0.4, -0.2) is 60.7 Å². The summed E-state index contributed by atoms with van der Waals surface area (Å²) in [5.74, 6) is -1.60. The van der Waals surface area contributed by atoms with Gasteiger partial charge in [0.15, 0.2) is 6.10 Å². The molecule has 2 N–H and O–H groups in total. The number of amides is 4. The van der Waals surface area contributed by atoms with Gasteiger partial charge in [0.05, 0.1) is 5.92 Å². The summed E-state index contributed by atoms with van der Waals surface area (Å²) >= 11 is 0. The monoisotopic (exact) mass is 357 g/mol. The molecule has 25 heavy (non-hydrogen) atoms. The van der Waals surface area contributed by atoms with E-state index in [2.05, 4.69) is 5.32 Å². The predicted octanol–water partition coefficient (Wildman–Crippen LogP) is 1.02. The molecule has 1 saturated heterocycles. The summed E-state index contributed by atoms with van der Waals surface area (Å²) in [6, 6.07) is -0.668. The molecule has 0 spiro atoms. The number of esters is 1. The first-order valence-electron chi connectivity index (χ1n) is 8.24. The summed E-state index contributed by atoms with van der Waals surface area (Å²) in [7, 11) is 1.37. The molecule has 0 aromatic heterocycles. The lowest BCUT2D eigenvalue weighted by molar-refractivity contribution is -0.159. The highest BCUT2D eigenvalue weighted by Crippen LogP contribution is 2.21. The number of likely N-dealkylation sites (tertiary alicyclic amines) is 1. The van der Waals surface area contributed by atoms with Crippen molar-refractivity contribution in [3.8, 4) is 0 Å². The Balaban J connectivity index is 2.44. The van der Waals surface area contributed by atoms with Crippen molar-refractivity contribution in [3.63, 3.8) is 0 Å². The third-order valence-electron chi connectivity index (χ3n) is 3.61. The third-order valence-corrected chi connectivity index (χ3v) is 3.61. The summed E-state index contributed by atoms with van der Waals surface area (Å²) in [6.07, 6.45) is -0.615. The Labute approximate surface area is 147 Å². The number of imide groups is 1. The number of ether oxygens (including phenoxy) is 2. The normalized spacial score (nSPS) is 16.6. The highest BCUT2D eigenvalue weighted by Gasteiger charge is 2.32. The lowest BCUT2D eigenvalue weighted by Gasteiger charge is -2.32. The van der Waals surface area contributed by atoms with Crippen molar-refractivity contribution in [2.24, 2.45) is 5.92 Å². The maximum Gasteiger partial charge on any atom is 0.410 e. The van der Waals surface area contributed by atoms with Crippen molar-refractivity contribution in [2.75, 3.05) is 20.1 Å². The molecule has 1 heterocycles. The van der Waals surface area contributed by atoms with Crippen molar-refractivity contribution < 1.29 is 28.7 Å². The van der Waals surface area contributed by atoms with Crippen molar-refractivity contribution in [3.05, 3.63) is 0 Å². The van der Waals surface area contributed by atoms with Crippen LogP contribution < -0.4 is 10.6 Å². The smallest absolute Gasteiger partial charge is 0.410 e. The number of nitrogens with one attached hydrogen (secondary N) is 2. The Morgan fingerprint density at radius 2 is 1.68 bits per heavy atom. The van der Waals surface area contributed by atoms with E-state index in [1.807, 2.05) is 5.32 Å². The fraction of sp³-hybridized carbons (Fsp3) is 0.750. The van der Waals surface area contributed by atoms with Gasteiger partial charge in [-0.05, 0) is 40.5 Å². The Morgan fingerprint density at radius 3 is 2.16 bits per heavy atom. The lowest BCUT2D eigenvalue weighted by Crippen LogP contribution is -2.45. The van der Waals surface area contributed by atoms with E-state index >= 15 is 0 Å². The quantitative estimate of drug-likeness (QED) is 0.729. The fourth-order valence-electron chi connectivity index (χ4n) is 2.22. The molecular weight excluding hydrogens is 330 g/mol. The molecule has 1 aliphatic rings. The highest BCUT2D eigenvalue weighted by molar-refractivity contribution is 5.97. The van der Waals surface area contributed by atoms with Gasteiger partial charge in [-0.3, -0.25) is 14.9 Å². The minimum Gasteiger partial charge on any atom is -0.452 e. The zero-order valence-corrected chi connectivity index (χ0v) is 15.4. The fourth-order valence-corrected chi connectivity index (χ4v) is 2.22. The summed E-state index contributed by atoms with van der Waals surface area (Å²) in [6.45, 7) is 7.54. The van der Waals surface area contributed by atoms with Crippen LogP contribution in [0.3, 0.4) is 0 Å². The van der Waals surface area contributed by atoms with Gasteiger partial charge in [0.25, 0.3) is 5.91 Å². The van der Waals surface area contributed by atoms with Gasteiger partial charge < -0.3 is 19.7 Å². The van der Waals surface area contributed by atoms with Crippen molar-refractivity contribution in [2.45, 2.75) is 52.2 Å². The molecule has 0 aliphatic carbocycles. The molecule has 1 unspecified atom stereocenters. The number of hydrogen-bond acceptors (Lipinski definition) is 6. The minimum atomic E-state index is -1.08. The molecule has 0 aromatic carbocycles. The first kappa shape index (κ1) is 20.7. The van der Waals surface area contributed by atoms with Crippen LogP contribution in [0.4, 0.5) is 9.59 Å². The van der Waals surface area contributed by atoms with Crippen LogP contribution in [0.5, 0.6) is 0 Å². The molecule has 4 amide bonds. The summed E-state index contributed by atoms with van der Waals surface area (Å²) in [4.78, 5) is 48.4. The van der Waals surface area contributed by atoms with E-state index in [0.717, 1.165) is 0 Å². The third kappa shape index (κ3) is 6.98. The molecule has 1 rings (SSSR count). The first-order chi connectivity index (χ1) is 11.5. The zero-order chi connectivity index (χ0) is 19.2. The van der Waals surface area contributed by atoms with E-state index in [0.29, 0.717) is 25.9 Å². The van der Waals surface area contributed by atoms with E-state index in [-0.39, 0.29) is 0 Å². The van der Waals surface area contributed by atoms with E-state index in [4.69, 9.17) is 9.47 Å². The SMILES string of the molecule is CNC(=O)NC(=O)C(C)OC(=O)C1CCN(C(=O)OC(C)(C)C)CC1. The van der Waals surface area contributed by atoms with Crippen LogP contribution in [0.1, 0.15) is 40.5 Å². The molecule has 142 valence electrons. The topological polar surface area (TPSA) is 114 Å². The van der Waals surface area contributed by atoms with Crippen molar-refractivity contribution >= 4 is 24.0 Å². The highest BCUT2D eigenvalue weighted by atomic mass is 16.6. The Hall–Kier alpha value is -2.32. The average Bonchev–Trinajstić information content (AvgIpc) is 2.53. The number of nitrogens with zero attached hydrogens (tertiary/aromatic N) is 1. The number of hydrogen-bond donors (Lipinski definition) is 2. The Bertz CT molecular complexity index is 520. The van der Waals surface area contributed by atoms with Gasteiger partial charge in [0.2, 0.25) is 0 Å². The van der Waals surface area contributed by atoms with Crippen LogP contribution in [-0.2, 0) is 19.1 Å². The van der Waals surface area contributed by atoms with Crippen molar-refractivity contribution in [1.82, 2.24) is 15.5 Å². The summed E-state index contributed by atoms with van der Waals surface area (Å²) in [5.41, 5.74) is -0.569. The summed E-state index contributed by atoms with van der Waals surface area (Å²) in [5, 5.41) is 4.28. The summed E-state index contributed by atoms with van der Waals surface area (Å²) < 4.78 is 10.4. The maximum absolute atomic E-state index is 12.1. The number of urea groups is 1. The van der Waals surface area contributed by atoms with Crippen molar-refractivity contribution in [1.29, 1.82) is 0 Å². The molecule has 0 radical (unpaired) electrons. The maximum atomic E-state index is 12.1. The second-order valence-corrected chi connectivity index (χ2v) is 6.89. The van der Waals surface area contributed by atoms with Crippen LogP contribution in [0, 0.1) is 5.92 Å². The van der Waals surface area contributed by atoms with Gasteiger partial charge in [-0.25, -0.2) is 9.59 Å². The standard InChI is InChI=1S/C16H27N3O6/c1-10(12(20)18-14(22)17-5)24-13(21)11-6-8-19(9-7-11)15(23)25-16(2,3)4/h10-11H,6-9H2,1-5H3,(H2,17,18,20,22). The lowest BCUT2D eigenvalue weighted by atomic mass is 9.97. The number of carbonyl (C=O) groups excluding carboxylic acids is 4. The van der Waals surface area contributed by atoms with Gasteiger partial charge >= 0.3 is 18.1 Å². The molecule has 1 aliphatic heterocycles. The van der Waals surface area contributed by atoms with E-state index < -0.39 is 41.6 Å². The van der Waals surface area contributed by atoms with Gasteiger partial charge in [-0.2, -0.15) is 0 Å². The molecule has 9 heteroatoms. The van der Waals surface area contributed by atoms with E-state index in [9.17, 15) is 19.2 Å². The van der Waals surface area contributed by atoms with Crippen LogP contribution in [0.25, 0.3) is 0 Å². The molecule has 0 bridgehead atoms. The average molecular weight is 357 g/mol. The van der Waals surface area contributed by atoms with Gasteiger partial charge in [0.1, 0.15) is 5.60 Å². The van der Waals surface area contributed by atoms with Crippen LogP contribution in [0.15, 0.2) is 0 Å². The number of carbonyl (C=O) groups is 4. The predicted molar refractivity (Wildman–Crippen MR) is 88.7 cm³/mol. The first-order valence-corrected chi connectivity index (χ1v) is 8.24. The van der Waals surface area contributed by atoms with Gasteiger partial charge in [-0.1, -0.05) is 0 Å². The second kappa shape index (κ2) is 8.68. The molecular formula is C16H27N3O6. The minimum absolute atomic E-state index is 0.382. The second-order valence-electron chi connectivity index (χ2n) is 6.89. The molecule has 1 atom stereocenters. The molecule has 0 aromatic rings. The van der Waals surface area contributed by atoms with Crippen LogP contribution >= 0.6 is 0 Å². The Morgan fingerprint density at radius 1 is 1.12 bits per heavy atom. The number of rotatable bonds is 3. The van der Waals surface area contributed by atoms with Gasteiger partial charge in [-0.15, -0.1) is 0 Å². The number of piperidine rings is 1. The van der Waals surface area contributed by atoms with Gasteiger partial charge in [0, 0.05) is 20.1 Å².